The summed E-state index contributed by atoms with van der Waals surface area (Å²) in [5, 5.41) is 13.9. The van der Waals surface area contributed by atoms with Crippen LogP contribution in [-0.2, 0) is 4.79 Å². The maximum atomic E-state index is 12.4. The van der Waals surface area contributed by atoms with Gasteiger partial charge in [0.25, 0.3) is 5.69 Å². The van der Waals surface area contributed by atoms with Crippen LogP contribution in [0, 0.1) is 17.0 Å². The predicted molar refractivity (Wildman–Crippen MR) is 106 cm³/mol. The third-order valence-corrected chi connectivity index (χ3v) is 4.97. The molecule has 1 atom stereocenters. The second-order valence-electron chi connectivity index (χ2n) is 5.98. The van der Waals surface area contributed by atoms with Gasteiger partial charge in [0.05, 0.1) is 22.1 Å². The van der Waals surface area contributed by atoms with Gasteiger partial charge in [0.1, 0.15) is 0 Å². The van der Waals surface area contributed by atoms with Crippen molar-refractivity contribution >= 4 is 29.0 Å². The lowest BCUT2D eigenvalue weighted by atomic mass is 10.2. The normalized spacial score (nSPS) is 11.8. The zero-order chi connectivity index (χ0) is 19.4. The minimum absolute atomic E-state index is 0.0216. The number of nitrogens with zero attached hydrogens (tertiary/aromatic N) is 2. The van der Waals surface area contributed by atoms with Crippen molar-refractivity contribution in [2.75, 3.05) is 5.32 Å². The molecule has 0 aliphatic rings. The smallest absolute Gasteiger partial charge is 0.274 e. The average molecular weight is 382 g/mol. The third-order valence-electron chi connectivity index (χ3n) is 3.97. The van der Waals surface area contributed by atoms with Crippen molar-refractivity contribution in [2.45, 2.75) is 24.3 Å². The van der Waals surface area contributed by atoms with E-state index < -0.39 is 10.2 Å². The highest BCUT2D eigenvalue weighted by molar-refractivity contribution is 8.00. The molecule has 1 amide bonds. The number of carbonyl (C=O) groups excluding carboxylic acids is 1. The number of nitrogens with one attached hydrogen (secondary N) is 2. The Hall–Kier alpha value is -3.13. The van der Waals surface area contributed by atoms with Crippen LogP contribution < -0.4 is 5.32 Å². The summed E-state index contributed by atoms with van der Waals surface area (Å²) in [4.78, 5) is 30.5. The summed E-state index contributed by atoms with van der Waals surface area (Å²) in [7, 11) is 0. The van der Waals surface area contributed by atoms with Crippen LogP contribution in [0.4, 0.5) is 11.4 Å². The van der Waals surface area contributed by atoms with E-state index in [1.54, 1.807) is 32.2 Å². The molecule has 0 aliphatic carbocycles. The van der Waals surface area contributed by atoms with E-state index in [-0.39, 0.29) is 11.6 Å². The van der Waals surface area contributed by atoms with Gasteiger partial charge in [-0.3, -0.25) is 14.9 Å². The van der Waals surface area contributed by atoms with Gasteiger partial charge in [0.15, 0.2) is 5.16 Å². The van der Waals surface area contributed by atoms with Gasteiger partial charge in [-0.1, -0.05) is 48.2 Å². The second-order valence-corrected chi connectivity index (χ2v) is 7.31. The first-order valence-electron chi connectivity index (χ1n) is 8.27. The fraction of sp³-hybridized carbons (Fsp3) is 0.158. The molecule has 3 rings (SSSR count). The number of hydrogen-bond acceptors (Lipinski definition) is 5. The molecule has 2 aromatic carbocycles. The molecule has 7 nitrogen and oxygen atoms in total. The summed E-state index contributed by atoms with van der Waals surface area (Å²) in [5.41, 5.74) is 2.81. The lowest BCUT2D eigenvalue weighted by Gasteiger charge is -2.11. The number of anilines is 1. The maximum Gasteiger partial charge on any atom is 0.274 e. The number of nitro groups is 1. The highest BCUT2D eigenvalue weighted by atomic mass is 32.2. The zero-order valence-corrected chi connectivity index (χ0v) is 15.6. The quantitative estimate of drug-likeness (QED) is 0.373. The molecule has 0 spiro atoms. The number of aromatic nitrogens is 2. The summed E-state index contributed by atoms with van der Waals surface area (Å²) in [5.74, 6) is -0.254. The Labute approximate surface area is 160 Å². The van der Waals surface area contributed by atoms with E-state index in [1.165, 1.54) is 17.8 Å². The van der Waals surface area contributed by atoms with E-state index in [0.717, 1.165) is 11.3 Å². The van der Waals surface area contributed by atoms with Crippen molar-refractivity contribution in [1.82, 2.24) is 9.97 Å². The Kier molecular flexibility index (Phi) is 5.56. The van der Waals surface area contributed by atoms with Crippen LogP contribution in [-0.4, -0.2) is 26.0 Å². The van der Waals surface area contributed by atoms with Crippen LogP contribution >= 0.6 is 11.8 Å². The number of nitro benzene ring substituents is 1. The van der Waals surface area contributed by atoms with E-state index in [9.17, 15) is 14.9 Å². The molecule has 1 heterocycles. The number of carbonyl (C=O) groups is 1. The first-order valence-corrected chi connectivity index (χ1v) is 9.15. The number of H-pyrrole nitrogens is 1. The molecule has 0 unspecified atom stereocenters. The third kappa shape index (κ3) is 4.53. The van der Waals surface area contributed by atoms with Crippen molar-refractivity contribution in [1.29, 1.82) is 0 Å². The first-order chi connectivity index (χ1) is 12.9. The standard InChI is InChI=1S/C19H18N4O3S/c1-12-8-9-15(10-17(12)23(25)26)21-18(24)13(2)27-19-20-11-16(22-19)14-6-4-3-5-7-14/h3-11,13H,1-2H3,(H,20,22)(H,21,24)/t13-/m1/s1. The van der Waals surface area contributed by atoms with Gasteiger partial charge < -0.3 is 10.3 Å². The van der Waals surface area contributed by atoms with Crippen molar-refractivity contribution in [2.24, 2.45) is 0 Å². The number of thioether (sulfide) groups is 1. The van der Waals surface area contributed by atoms with Gasteiger partial charge in [-0.25, -0.2) is 4.98 Å². The molecule has 27 heavy (non-hydrogen) atoms. The SMILES string of the molecule is Cc1ccc(NC(=O)[C@@H](C)Sc2ncc(-c3ccccc3)[nH]2)cc1[N+](=O)[O-]. The molecule has 0 aliphatic heterocycles. The molecule has 0 bridgehead atoms. The van der Waals surface area contributed by atoms with Crippen molar-refractivity contribution in [3.05, 3.63) is 70.4 Å². The van der Waals surface area contributed by atoms with Crippen LogP contribution in [0.5, 0.6) is 0 Å². The van der Waals surface area contributed by atoms with Gasteiger partial charge in [0, 0.05) is 17.3 Å². The van der Waals surface area contributed by atoms with Crippen LogP contribution in [0.15, 0.2) is 59.9 Å². The molecule has 0 saturated carbocycles. The Balaban J connectivity index is 1.65. The molecule has 1 aromatic heterocycles. The monoisotopic (exact) mass is 382 g/mol. The lowest BCUT2D eigenvalue weighted by Crippen LogP contribution is -2.22. The van der Waals surface area contributed by atoms with Gasteiger partial charge in [0.2, 0.25) is 5.91 Å². The average Bonchev–Trinajstić information content (AvgIpc) is 3.12. The van der Waals surface area contributed by atoms with Crippen molar-refractivity contribution < 1.29 is 9.72 Å². The highest BCUT2D eigenvalue weighted by Crippen LogP contribution is 2.26. The molecule has 0 radical (unpaired) electrons. The van der Waals surface area contributed by atoms with Crippen LogP contribution in [0.1, 0.15) is 12.5 Å². The number of hydrogen-bond donors (Lipinski definition) is 2. The summed E-state index contributed by atoms with van der Waals surface area (Å²) in [6.07, 6.45) is 1.73. The molecule has 0 fully saturated rings. The summed E-state index contributed by atoms with van der Waals surface area (Å²) >= 11 is 1.29. The lowest BCUT2D eigenvalue weighted by molar-refractivity contribution is -0.385. The summed E-state index contributed by atoms with van der Waals surface area (Å²) in [6, 6.07) is 14.4. The summed E-state index contributed by atoms with van der Waals surface area (Å²) < 4.78 is 0. The van der Waals surface area contributed by atoms with E-state index in [0.29, 0.717) is 16.4 Å². The van der Waals surface area contributed by atoms with Crippen LogP contribution in [0.25, 0.3) is 11.3 Å². The fourth-order valence-electron chi connectivity index (χ4n) is 2.48. The molecule has 3 aromatic rings. The Morgan fingerprint density at radius 2 is 2.00 bits per heavy atom. The molecule has 0 saturated heterocycles. The topological polar surface area (TPSA) is 101 Å². The fourth-order valence-corrected chi connectivity index (χ4v) is 3.26. The molecule has 2 N–H and O–H groups in total. The van der Waals surface area contributed by atoms with Crippen LogP contribution in [0.2, 0.25) is 0 Å². The van der Waals surface area contributed by atoms with E-state index in [2.05, 4.69) is 15.3 Å². The van der Waals surface area contributed by atoms with Crippen molar-refractivity contribution in [3.63, 3.8) is 0 Å². The van der Waals surface area contributed by atoms with E-state index >= 15 is 0 Å². The maximum absolute atomic E-state index is 12.4. The Bertz CT molecular complexity index is 972. The molecule has 8 heteroatoms. The van der Waals surface area contributed by atoms with E-state index in [4.69, 9.17) is 0 Å². The molecular formula is C19H18N4O3S. The van der Waals surface area contributed by atoms with Gasteiger partial charge in [-0.2, -0.15) is 0 Å². The van der Waals surface area contributed by atoms with Crippen molar-refractivity contribution in [3.8, 4) is 11.3 Å². The number of amides is 1. The Morgan fingerprint density at radius 3 is 2.70 bits per heavy atom. The molecular weight excluding hydrogens is 364 g/mol. The van der Waals surface area contributed by atoms with Gasteiger partial charge in [-0.05, 0) is 25.5 Å². The number of imidazole rings is 1. The summed E-state index contributed by atoms with van der Waals surface area (Å²) in [6.45, 7) is 3.41. The minimum atomic E-state index is -0.461. The van der Waals surface area contributed by atoms with Crippen LogP contribution in [0.3, 0.4) is 0 Å². The Morgan fingerprint density at radius 1 is 1.26 bits per heavy atom. The van der Waals surface area contributed by atoms with E-state index in [1.807, 2.05) is 30.3 Å². The highest BCUT2D eigenvalue weighted by Gasteiger charge is 2.18. The number of aryl methyl sites for hydroxylation is 1. The number of benzene rings is 2. The second kappa shape index (κ2) is 8.05. The predicted octanol–water partition coefficient (Wildman–Crippen LogP) is 4.41. The number of rotatable bonds is 6. The molecule has 138 valence electrons. The van der Waals surface area contributed by atoms with Gasteiger partial charge in [-0.15, -0.1) is 0 Å². The number of aromatic amines is 1. The largest absolute Gasteiger partial charge is 0.333 e. The zero-order valence-electron chi connectivity index (χ0n) is 14.8. The van der Waals surface area contributed by atoms with Gasteiger partial charge >= 0.3 is 0 Å². The minimum Gasteiger partial charge on any atom is -0.333 e. The first kappa shape index (κ1) is 18.7.